The van der Waals surface area contributed by atoms with Gasteiger partial charge in [0.05, 0.1) is 26.4 Å². The molecule has 5 atom stereocenters. The van der Waals surface area contributed by atoms with Crippen molar-refractivity contribution in [2.24, 2.45) is 17.8 Å². The van der Waals surface area contributed by atoms with Crippen molar-refractivity contribution in [3.05, 3.63) is 0 Å². The number of aliphatic hydroxyl groups is 1. The van der Waals surface area contributed by atoms with Crippen LogP contribution < -0.4 is 0 Å². The average Bonchev–Trinajstić information content (AvgIpc) is 0.898. The number of hydrogen-bond donors (Lipinski definition) is 3. The molecule has 17 nitrogen and oxygen atoms in total. The van der Waals surface area contributed by atoms with Gasteiger partial charge in [-0.2, -0.15) is 0 Å². The summed E-state index contributed by atoms with van der Waals surface area (Å²) in [7, 11) is -9.94. The topological polar surface area (TPSA) is 237 Å². The fraction of sp³-hybridized carbons (Fsp3) is 0.956. The van der Waals surface area contributed by atoms with E-state index < -0.39 is 97.5 Å². The lowest BCUT2D eigenvalue weighted by atomic mass is 10.0. The number of unbranched alkanes of at least 4 members (excludes halogenated alkanes) is 56. The van der Waals surface area contributed by atoms with Gasteiger partial charge in [-0.3, -0.25) is 37.3 Å². The van der Waals surface area contributed by atoms with Gasteiger partial charge in [-0.15, -0.1) is 0 Å². The molecule has 2 unspecified atom stereocenters. The fourth-order valence-corrected chi connectivity index (χ4v) is 15.7. The summed E-state index contributed by atoms with van der Waals surface area (Å²) in [5, 5.41) is 10.7. The van der Waals surface area contributed by atoms with E-state index >= 15 is 0 Å². The van der Waals surface area contributed by atoms with Crippen LogP contribution in [0.3, 0.4) is 0 Å². The quantitative estimate of drug-likeness (QED) is 0.0222. The number of phosphoric ester groups is 2. The lowest BCUT2D eigenvalue weighted by Gasteiger charge is -2.21. The van der Waals surface area contributed by atoms with E-state index in [4.69, 9.17) is 37.0 Å². The molecule has 19 heteroatoms. The van der Waals surface area contributed by atoms with Crippen LogP contribution in [0.1, 0.15) is 479 Å². The van der Waals surface area contributed by atoms with Crippen LogP contribution in [0.2, 0.25) is 0 Å². The first kappa shape index (κ1) is 107. The van der Waals surface area contributed by atoms with Gasteiger partial charge >= 0.3 is 39.5 Å². The first-order chi connectivity index (χ1) is 52.7. The fourth-order valence-electron chi connectivity index (χ4n) is 14.1. The molecule has 0 aliphatic heterocycles. The van der Waals surface area contributed by atoms with Gasteiger partial charge in [0.25, 0.3) is 0 Å². The van der Waals surface area contributed by atoms with Crippen LogP contribution in [-0.4, -0.2) is 96.7 Å². The zero-order valence-electron chi connectivity index (χ0n) is 72.0. The molecule has 0 aromatic carbocycles. The molecular formula is C90H176O17P2. The second kappa shape index (κ2) is 79.9. The van der Waals surface area contributed by atoms with E-state index in [0.717, 1.165) is 108 Å². The maximum absolute atomic E-state index is 13.2. The van der Waals surface area contributed by atoms with Crippen LogP contribution in [-0.2, 0) is 65.4 Å². The van der Waals surface area contributed by atoms with Gasteiger partial charge in [0, 0.05) is 25.7 Å². The van der Waals surface area contributed by atoms with Crippen molar-refractivity contribution in [3.63, 3.8) is 0 Å². The molecule has 0 heterocycles. The third-order valence-corrected chi connectivity index (χ3v) is 23.0. The lowest BCUT2D eigenvalue weighted by Crippen LogP contribution is -2.30. The van der Waals surface area contributed by atoms with Gasteiger partial charge in [0.1, 0.15) is 19.3 Å². The summed E-state index contributed by atoms with van der Waals surface area (Å²) in [6.45, 7) is 12.0. The lowest BCUT2D eigenvalue weighted by molar-refractivity contribution is -0.161. The third kappa shape index (κ3) is 83.8. The molecule has 648 valence electrons. The molecule has 109 heavy (non-hydrogen) atoms. The van der Waals surface area contributed by atoms with Gasteiger partial charge in [-0.05, 0) is 43.4 Å². The number of aliphatic hydroxyl groups excluding tert-OH is 1. The number of ether oxygens (including phenoxy) is 4. The van der Waals surface area contributed by atoms with Crippen LogP contribution in [0.25, 0.3) is 0 Å². The summed E-state index contributed by atoms with van der Waals surface area (Å²) in [5.74, 6) is 0.240. The number of carbonyl (C=O) groups is 4. The molecule has 0 rings (SSSR count). The van der Waals surface area contributed by atoms with Crippen molar-refractivity contribution in [1.82, 2.24) is 0 Å². The van der Waals surface area contributed by atoms with E-state index in [2.05, 4.69) is 48.5 Å². The minimum absolute atomic E-state index is 0.107. The minimum Gasteiger partial charge on any atom is -0.462 e. The van der Waals surface area contributed by atoms with Crippen molar-refractivity contribution in [3.8, 4) is 0 Å². The van der Waals surface area contributed by atoms with E-state index in [1.807, 2.05) is 0 Å². The SMILES string of the molecule is CCCCCCCCCCCCCCCCCCCCCCCC(=O)OC[C@H](COP(=O)(O)OC[C@@H](O)COP(=O)(O)OC[C@@H](COC(=O)CCCCCCCCCCCC(C)C)OC(=O)CCCCCCCCCCCCCCC(C)C)OC(=O)CCCCCCCCCCCCCCCCCCCCC(C)C. The van der Waals surface area contributed by atoms with E-state index in [9.17, 15) is 43.2 Å². The molecule has 0 saturated carbocycles. The van der Waals surface area contributed by atoms with Crippen LogP contribution in [0, 0.1) is 17.8 Å². The maximum atomic E-state index is 13.2. The molecule has 0 radical (unpaired) electrons. The highest BCUT2D eigenvalue weighted by atomic mass is 31.2. The largest absolute Gasteiger partial charge is 0.472 e. The Hall–Kier alpha value is -1.94. The van der Waals surface area contributed by atoms with E-state index in [1.165, 1.54) is 289 Å². The monoisotopic (exact) mass is 1590 g/mol. The van der Waals surface area contributed by atoms with E-state index in [0.29, 0.717) is 25.7 Å². The molecule has 0 aromatic heterocycles. The standard InChI is InChI=1S/C90H176O17P2/c1-8-9-10-11-12-13-14-15-16-17-18-19-20-24-27-30-36-43-50-57-64-71-87(92)100-77-85(106-89(94)73-66-59-52-44-37-31-28-25-22-21-23-26-29-34-40-47-54-61-68-81(2)3)79-104-108(96,97)102-75-84(91)76-103-109(98,99)105-80-86(78-101-88(93)72-65-58-51-46-39-42-49-56-63-70-83(6)7)107-90(95)74-67-60-53-45-38-33-32-35-41-48-55-62-69-82(4)5/h81-86,91H,8-80H2,1-7H3,(H,96,97)(H,98,99)/t84-,85-,86-/m1/s1. The second-order valence-corrected chi connectivity index (χ2v) is 36.7. The molecule has 0 aliphatic rings. The highest BCUT2D eigenvalue weighted by Gasteiger charge is 2.31. The summed E-state index contributed by atoms with van der Waals surface area (Å²) in [4.78, 5) is 73.4. The summed E-state index contributed by atoms with van der Waals surface area (Å²) in [5.41, 5.74) is 0. The van der Waals surface area contributed by atoms with Gasteiger partial charge in [-0.25, -0.2) is 9.13 Å². The Labute approximate surface area is 670 Å². The van der Waals surface area contributed by atoms with Gasteiger partial charge in [0.15, 0.2) is 12.2 Å². The molecule has 0 amide bonds. The number of hydrogen-bond acceptors (Lipinski definition) is 15. The predicted octanol–water partition coefficient (Wildman–Crippen LogP) is 27.6. The van der Waals surface area contributed by atoms with Gasteiger partial charge < -0.3 is 33.8 Å². The Morgan fingerprint density at radius 1 is 0.248 bits per heavy atom. The zero-order valence-corrected chi connectivity index (χ0v) is 73.8. The predicted molar refractivity (Wildman–Crippen MR) is 451 cm³/mol. The van der Waals surface area contributed by atoms with Crippen molar-refractivity contribution >= 4 is 39.5 Å². The summed E-state index contributed by atoms with van der Waals surface area (Å²) >= 11 is 0. The normalized spacial score (nSPS) is 13.8. The van der Waals surface area contributed by atoms with Crippen LogP contribution in [0.5, 0.6) is 0 Å². The molecular weight excluding hydrogens is 1410 g/mol. The molecule has 0 aliphatic carbocycles. The van der Waals surface area contributed by atoms with Crippen molar-refractivity contribution < 1.29 is 80.2 Å². The molecule has 0 fully saturated rings. The Bertz CT molecular complexity index is 2100. The summed E-state index contributed by atoms with van der Waals surface area (Å²) in [6, 6.07) is 0. The summed E-state index contributed by atoms with van der Waals surface area (Å²) < 4.78 is 69.0. The minimum atomic E-state index is -4.97. The van der Waals surface area contributed by atoms with Gasteiger partial charge in [0.2, 0.25) is 0 Å². The first-order valence-corrected chi connectivity index (χ1v) is 49.3. The van der Waals surface area contributed by atoms with Crippen molar-refractivity contribution in [1.29, 1.82) is 0 Å². The Kier molecular flexibility index (Phi) is 78.5. The first-order valence-electron chi connectivity index (χ1n) is 46.3. The maximum Gasteiger partial charge on any atom is 0.472 e. The third-order valence-electron chi connectivity index (χ3n) is 21.1. The van der Waals surface area contributed by atoms with Crippen LogP contribution >= 0.6 is 15.6 Å². The zero-order chi connectivity index (χ0) is 80.0. The Morgan fingerprint density at radius 2 is 0.422 bits per heavy atom. The van der Waals surface area contributed by atoms with Gasteiger partial charge in [-0.1, -0.05) is 427 Å². The smallest absolute Gasteiger partial charge is 0.462 e. The molecule has 0 saturated heterocycles. The number of carbonyl (C=O) groups excluding carboxylic acids is 4. The second-order valence-electron chi connectivity index (χ2n) is 33.8. The molecule has 0 aromatic rings. The summed E-state index contributed by atoms with van der Waals surface area (Å²) in [6.07, 6.45) is 72.4. The Morgan fingerprint density at radius 3 is 0.624 bits per heavy atom. The molecule has 3 N–H and O–H groups in total. The Balaban J connectivity index is 5.24. The van der Waals surface area contributed by atoms with Crippen molar-refractivity contribution in [2.75, 3.05) is 39.6 Å². The molecule has 0 bridgehead atoms. The number of phosphoric acid groups is 2. The van der Waals surface area contributed by atoms with Crippen LogP contribution in [0.4, 0.5) is 0 Å². The van der Waals surface area contributed by atoms with E-state index in [1.54, 1.807) is 0 Å². The average molecular weight is 1590 g/mol. The highest BCUT2D eigenvalue weighted by molar-refractivity contribution is 7.47. The number of esters is 4. The molecule has 0 spiro atoms. The van der Waals surface area contributed by atoms with Crippen LogP contribution in [0.15, 0.2) is 0 Å². The highest BCUT2D eigenvalue weighted by Crippen LogP contribution is 2.45. The van der Waals surface area contributed by atoms with Crippen molar-refractivity contribution in [2.45, 2.75) is 497 Å². The van der Waals surface area contributed by atoms with E-state index in [-0.39, 0.29) is 25.7 Å². The number of rotatable bonds is 88.